The summed E-state index contributed by atoms with van der Waals surface area (Å²) >= 11 is 0. The molecule has 0 amide bonds. The van der Waals surface area contributed by atoms with Gasteiger partial charge in [0.25, 0.3) is 0 Å². The number of aromatic nitrogens is 2. The molecule has 0 spiro atoms. The highest BCUT2D eigenvalue weighted by molar-refractivity contribution is 5.73. The lowest BCUT2D eigenvalue weighted by atomic mass is 9.98. The van der Waals surface area contributed by atoms with Crippen LogP contribution in [0, 0.1) is 5.92 Å². The molecule has 1 aromatic heterocycles. The molecule has 1 aliphatic heterocycles. The summed E-state index contributed by atoms with van der Waals surface area (Å²) in [5.41, 5.74) is -0.582. The largest absolute Gasteiger partial charge is 0.458 e. The number of esters is 1. The second-order valence-corrected chi connectivity index (χ2v) is 5.63. The number of rotatable bonds is 5. The van der Waals surface area contributed by atoms with E-state index in [0.29, 0.717) is 12.5 Å². The molecular formula is C14H22N4O2. The standard InChI is InChI=1S/C14H22N4O2/c1-14(2,10-18-13-16-6-3-7-17-13)20-12(19)11-4-8-15-9-5-11/h3,6-7,11,15H,4-5,8-10H2,1-2H3,(H,16,17,18). The van der Waals surface area contributed by atoms with Crippen molar-refractivity contribution < 1.29 is 9.53 Å². The molecule has 1 aromatic rings. The van der Waals surface area contributed by atoms with Gasteiger partial charge in [0.05, 0.1) is 12.5 Å². The molecule has 0 atom stereocenters. The first-order valence-electron chi connectivity index (χ1n) is 7.01. The van der Waals surface area contributed by atoms with E-state index >= 15 is 0 Å². The van der Waals surface area contributed by atoms with Gasteiger partial charge in [0, 0.05) is 12.4 Å². The zero-order valence-corrected chi connectivity index (χ0v) is 12.1. The van der Waals surface area contributed by atoms with E-state index in [0.717, 1.165) is 25.9 Å². The maximum Gasteiger partial charge on any atom is 0.309 e. The highest BCUT2D eigenvalue weighted by Crippen LogP contribution is 2.18. The highest BCUT2D eigenvalue weighted by atomic mass is 16.6. The zero-order valence-electron chi connectivity index (χ0n) is 12.1. The van der Waals surface area contributed by atoms with Crippen molar-refractivity contribution in [3.05, 3.63) is 18.5 Å². The number of nitrogens with zero attached hydrogens (tertiary/aromatic N) is 2. The van der Waals surface area contributed by atoms with Crippen LogP contribution in [-0.2, 0) is 9.53 Å². The van der Waals surface area contributed by atoms with Crippen molar-refractivity contribution in [3.63, 3.8) is 0 Å². The van der Waals surface area contributed by atoms with Crippen molar-refractivity contribution in [1.29, 1.82) is 0 Å². The number of ether oxygens (including phenoxy) is 1. The SMILES string of the molecule is CC(C)(CNc1ncccn1)OC(=O)C1CCNCC1. The molecule has 0 radical (unpaired) electrons. The molecule has 0 saturated carbocycles. The molecule has 2 heterocycles. The van der Waals surface area contributed by atoms with Crippen LogP contribution >= 0.6 is 0 Å². The van der Waals surface area contributed by atoms with Gasteiger partial charge in [0.1, 0.15) is 5.60 Å². The second-order valence-electron chi connectivity index (χ2n) is 5.63. The van der Waals surface area contributed by atoms with E-state index in [4.69, 9.17) is 4.74 Å². The molecule has 1 aliphatic rings. The average molecular weight is 278 g/mol. The number of nitrogens with one attached hydrogen (secondary N) is 2. The van der Waals surface area contributed by atoms with Crippen molar-refractivity contribution in [2.75, 3.05) is 25.0 Å². The third kappa shape index (κ3) is 4.45. The Hall–Kier alpha value is -1.69. The Morgan fingerprint density at radius 2 is 2.05 bits per heavy atom. The minimum Gasteiger partial charge on any atom is -0.458 e. The van der Waals surface area contributed by atoms with Crippen molar-refractivity contribution >= 4 is 11.9 Å². The monoisotopic (exact) mass is 278 g/mol. The van der Waals surface area contributed by atoms with E-state index in [2.05, 4.69) is 20.6 Å². The van der Waals surface area contributed by atoms with Gasteiger partial charge in [-0.15, -0.1) is 0 Å². The summed E-state index contributed by atoms with van der Waals surface area (Å²) in [6, 6.07) is 1.76. The fourth-order valence-corrected chi connectivity index (χ4v) is 2.13. The molecule has 6 heteroatoms. The molecule has 1 fully saturated rings. The van der Waals surface area contributed by atoms with Crippen LogP contribution in [0.2, 0.25) is 0 Å². The van der Waals surface area contributed by atoms with Gasteiger partial charge >= 0.3 is 5.97 Å². The van der Waals surface area contributed by atoms with Crippen LogP contribution in [-0.4, -0.2) is 41.2 Å². The average Bonchev–Trinajstić information content (AvgIpc) is 2.47. The van der Waals surface area contributed by atoms with E-state index in [9.17, 15) is 4.79 Å². The summed E-state index contributed by atoms with van der Waals surface area (Å²) in [6.45, 7) is 6.03. The van der Waals surface area contributed by atoms with Crippen LogP contribution in [0.5, 0.6) is 0 Å². The lowest BCUT2D eigenvalue weighted by molar-refractivity contribution is -0.161. The first-order valence-corrected chi connectivity index (χ1v) is 7.01. The molecule has 0 unspecified atom stereocenters. The topological polar surface area (TPSA) is 76.1 Å². The summed E-state index contributed by atoms with van der Waals surface area (Å²) in [7, 11) is 0. The van der Waals surface area contributed by atoms with Crippen LogP contribution in [0.3, 0.4) is 0 Å². The lowest BCUT2D eigenvalue weighted by Crippen LogP contribution is -2.40. The summed E-state index contributed by atoms with van der Waals surface area (Å²) in [6.07, 6.45) is 5.04. The first kappa shape index (κ1) is 14.7. The summed E-state index contributed by atoms with van der Waals surface area (Å²) in [4.78, 5) is 20.3. The second kappa shape index (κ2) is 6.65. The van der Waals surface area contributed by atoms with Gasteiger partial charge < -0.3 is 15.4 Å². The van der Waals surface area contributed by atoms with E-state index in [1.165, 1.54) is 0 Å². The van der Waals surface area contributed by atoms with Gasteiger partial charge in [-0.3, -0.25) is 4.79 Å². The fraction of sp³-hybridized carbons (Fsp3) is 0.643. The first-order chi connectivity index (χ1) is 9.57. The lowest BCUT2D eigenvalue weighted by Gasteiger charge is -2.29. The number of carbonyl (C=O) groups is 1. The Balaban J connectivity index is 1.82. The molecule has 20 heavy (non-hydrogen) atoms. The summed E-state index contributed by atoms with van der Waals surface area (Å²) in [5, 5.41) is 6.32. The van der Waals surface area contributed by atoms with Gasteiger partial charge in [-0.05, 0) is 45.8 Å². The van der Waals surface area contributed by atoms with Crippen LogP contribution in [0.15, 0.2) is 18.5 Å². The predicted octanol–water partition coefficient (Wildman–Crippen LogP) is 1.21. The van der Waals surface area contributed by atoms with Crippen LogP contribution in [0.25, 0.3) is 0 Å². The molecule has 0 aromatic carbocycles. The van der Waals surface area contributed by atoms with Gasteiger partial charge in [-0.25, -0.2) is 9.97 Å². The Kier molecular flexibility index (Phi) is 4.89. The Morgan fingerprint density at radius 3 is 2.70 bits per heavy atom. The quantitative estimate of drug-likeness (QED) is 0.788. The van der Waals surface area contributed by atoms with E-state index < -0.39 is 5.60 Å². The van der Waals surface area contributed by atoms with Crippen molar-refractivity contribution in [2.24, 2.45) is 5.92 Å². The van der Waals surface area contributed by atoms with Crippen LogP contribution < -0.4 is 10.6 Å². The van der Waals surface area contributed by atoms with Crippen molar-refractivity contribution in [2.45, 2.75) is 32.3 Å². The number of hydrogen-bond donors (Lipinski definition) is 2. The third-order valence-corrected chi connectivity index (χ3v) is 3.29. The molecule has 0 bridgehead atoms. The third-order valence-electron chi connectivity index (χ3n) is 3.29. The van der Waals surface area contributed by atoms with Gasteiger partial charge in [-0.2, -0.15) is 0 Å². The van der Waals surface area contributed by atoms with E-state index in [1.54, 1.807) is 18.5 Å². The van der Waals surface area contributed by atoms with Crippen LogP contribution in [0.4, 0.5) is 5.95 Å². The summed E-state index contributed by atoms with van der Waals surface area (Å²) in [5.74, 6) is 0.453. The minimum atomic E-state index is -0.582. The number of piperidine rings is 1. The van der Waals surface area contributed by atoms with Crippen molar-refractivity contribution in [3.8, 4) is 0 Å². The molecular weight excluding hydrogens is 256 g/mol. The van der Waals surface area contributed by atoms with E-state index in [-0.39, 0.29) is 11.9 Å². The number of hydrogen-bond acceptors (Lipinski definition) is 6. The smallest absolute Gasteiger partial charge is 0.309 e. The van der Waals surface area contributed by atoms with E-state index in [1.807, 2.05) is 13.8 Å². The Labute approximate surface area is 119 Å². The normalized spacial score (nSPS) is 16.7. The molecule has 2 N–H and O–H groups in total. The molecule has 0 aliphatic carbocycles. The molecule has 2 rings (SSSR count). The van der Waals surface area contributed by atoms with Crippen LogP contribution in [0.1, 0.15) is 26.7 Å². The number of carbonyl (C=O) groups excluding carboxylic acids is 1. The maximum absolute atomic E-state index is 12.1. The minimum absolute atomic E-state index is 0.0171. The van der Waals surface area contributed by atoms with Gasteiger partial charge in [0.2, 0.25) is 5.95 Å². The maximum atomic E-state index is 12.1. The zero-order chi connectivity index (χ0) is 14.4. The summed E-state index contributed by atoms with van der Waals surface area (Å²) < 4.78 is 5.61. The molecule has 110 valence electrons. The molecule has 6 nitrogen and oxygen atoms in total. The fourth-order valence-electron chi connectivity index (χ4n) is 2.13. The van der Waals surface area contributed by atoms with Gasteiger partial charge in [-0.1, -0.05) is 0 Å². The van der Waals surface area contributed by atoms with Crippen molar-refractivity contribution in [1.82, 2.24) is 15.3 Å². The Morgan fingerprint density at radius 1 is 1.40 bits per heavy atom. The number of anilines is 1. The Bertz CT molecular complexity index is 430. The molecule has 1 saturated heterocycles. The highest BCUT2D eigenvalue weighted by Gasteiger charge is 2.29. The van der Waals surface area contributed by atoms with Gasteiger partial charge in [0.15, 0.2) is 0 Å². The predicted molar refractivity (Wildman–Crippen MR) is 76.3 cm³/mol.